The Hall–Kier alpha value is -3.59. The van der Waals surface area contributed by atoms with Crippen molar-refractivity contribution in [3.63, 3.8) is 0 Å². The Morgan fingerprint density at radius 2 is 0.736 bits per heavy atom. The Morgan fingerprint density at radius 3 is 1.13 bits per heavy atom. The van der Waals surface area contributed by atoms with Crippen LogP contribution in [0.2, 0.25) is 0 Å². The van der Waals surface area contributed by atoms with E-state index in [1.54, 1.807) is 0 Å². The van der Waals surface area contributed by atoms with E-state index >= 15 is 0 Å². The van der Waals surface area contributed by atoms with E-state index in [0.29, 0.717) is 17.4 Å². The highest BCUT2D eigenvalue weighted by molar-refractivity contribution is 7.45. The number of amides is 1. The largest absolute Gasteiger partial charge is 0.756 e. The summed E-state index contributed by atoms with van der Waals surface area (Å²) < 4.78 is 30.5. The van der Waals surface area contributed by atoms with Crippen LogP contribution in [0.15, 0.2) is 122 Å². The lowest BCUT2D eigenvalue weighted by atomic mass is 10.0. The fraction of sp³-hybridized carbons (Fsp3) is 0.714. The van der Waals surface area contributed by atoms with E-state index in [0.717, 1.165) is 135 Å². The predicted octanol–water partition coefficient (Wildman–Crippen LogP) is 22.4. The van der Waals surface area contributed by atoms with Crippen LogP contribution in [0, 0.1) is 0 Å². The molecule has 9 nitrogen and oxygen atoms in total. The van der Waals surface area contributed by atoms with E-state index in [1.165, 1.54) is 135 Å². The molecular weight excluding hydrogens is 1100 g/mol. The lowest BCUT2D eigenvalue weighted by molar-refractivity contribution is -0.870. The van der Waals surface area contributed by atoms with Crippen LogP contribution >= 0.6 is 7.82 Å². The standard InChI is InChI=1S/C77H135N2O7P/c1-7-10-13-16-19-22-25-28-30-32-34-36-38-39-41-43-45-47-49-52-55-58-61-64-67-70-77(81)86-75(68-65-62-59-56-53-50-27-24-21-18-15-12-9-3)74(73-85-87(82,83)84-72-71-79(4,5)6)78-76(80)69-66-63-60-57-54-51-48-46-44-42-40-37-35-33-31-29-26-23-20-17-14-11-8-2/h11,14,19-20,22-23,28-31,34-37,39,41-42,44,65,68,74-75H,7-10,12-13,15-18,21,24-27,32-33,38,40,43,45-64,66-67,69-73H2,1-6H3,(H-,78,80,82,83)/b14-11-,22-19-,23-20-,30-28-,31-29-,36-34-,37-35-,41-39-,44-42-,68-65+. The van der Waals surface area contributed by atoms with E-state index in [1.807, 2.05) is 33.3 Å². The quantitative estimate of drug-likeness (QED) is 0.0212. The van der Waals surface area contributed by atoms with Crippen LogP contribution < -0.4 is 10.2 Å². The highest BCUT2D eigenvalue weighted by Gasteiger charge is 2.27. The molecular formula is C77H135N2O7P. The molecule has 0 aliphatic rings. The van der Waals surface area contributed by atoms with Gasteiger partial charge in [0.25, 0.3) is 7.82 Å². The van der Waals surface area contributed by atoms with Crippen molar-refractivity contribution in [2.75, 3.05) is 40.9 Å². The Kier molecular flexibility index (Phi) is 62.7. The van der Waals surface area contributed by atoms with Gasteiger partial charge < -0.3 is 28.5 Å². The van der Waals surface area contributed by atoms with E-state index in [9.17, 15) is 19.0 Å². The Balaban J connectivity index is 5.16. The molecule has 0 saturated heterocycles. The van der Waals surface area contributed by atoms with Crippen LogP contribution in [0.3, 0.4) is 0 Å². The molecule has 3 unspecified atom stereocenters. The number of carbonyl (C=O) groups is 2. The van der Waals surface area contributed by atoms with Crippen LogP contribution in [-0.4, -0.2) is 69.4 Å². The second kappa shape index (κ2) is 65.4. The number of hydrogen-bond donors (Lipinski definition) is 1. The van der Waals surface area contributed by atoms with E-state index in [2.05, 4.69) is 135 Å². The normalized spacial score (nSPS) is 14.2. The number of likely N-dealkylation sites (N-methyl/N-ethyl adjacent to an activating group) is 1. The first-order valence-electron chi connectivity index (χ1n) is 35.8. The summed E-state index contributed by atoms with van der Waals surface area (Å²) in [4.78, 5) is 40.2. The van der Waals surface area contributed by atoms with Crippen LogP contribution in [0.25, 0.3) is 0 Å². The van der Waals surface area contributed by atoms with Gasteiger partial charge in [0, 0.05) is 12.8 Å². The minimum Gasteiger partial charge on any atom is -0.756 e. The van der Waals surface area contributed by atoms with Gasteiger partial charge in [-0.25, -0.2) is 0 Å². The third-order valence-electron chi connectivity index (χ3n) is 15.4. The first-order chi connectivity index (χ1) is 42.4. The number of unbranched alkanes of at least 4 members (excludes halogenated alkanes) is 30. The number of rotatable bonds is 64. The summed E-state index contributed by atoms with van der Waals surface area (Å²) in [6.45, 7) is 6.70. The molecule has 0 aromatic heterocycles. The van der Waals surface area contributed by atoms with Gasteiger partial charge in [0.1, 0.15) is 19.3 Å². The molecule has 0 saturated carbocycles. The van der Waals surface area contributed by atoms with E-state index in [4.69, 9.17) is 13.8 Å². The topological polar surface area (TPSA) is 114 Å². The minimum absolute atomic E-state index is 0.0315. The average Bonchev–Trinajstić information content (AvgIpc) is 3.69. The number of nitrogens with zero attached hydrogens (tertiary/aromatic N) is 1. The third-order valence-corrected chi connectivity index (χ3v) is 16.3. The number of hydrogen-bond acceptors (Lipinski definition) is 7. The molecule has 0 aliphatic carbocycles. The Morgan fingerprint density at radius 1 is 0.414 bits per heavy atom. The van der Waals surface area contributed by atoms with Gasteiger partial charge in [-0.1, -0.05) is 290 Å². The van der Waals surface area contributed by atoms with Crippen molar-refractivity contribution < 1.29 is 37.3 Å². The summed E-state index contributed by atoms with van der Waals surface area (Å²) in [5.74, 6) is -0.561. The van der Waals surface area contributed by atoms with Crippen LogP contribution in [-0.2, 0) is 27.9 Å². The molecule has 3 atom stereocenters. The molecule has 0 aromatic rings. The zero-order valence-corrected chi connectivity index (χ0v) is 58.1. The van der Waals surface area contributed by atoms with Crippen LogP contribution in [0.4, 0.5) is 0 Å². The second-order valence-corrected chi connectivity index (χ2v) is 26.4. The number of carbonyl (C=O) groups excluding carboxylic acids is 2. The van der Waals surface area contributed by atoms with Crippen molar-refractivity contribution >= 4 is 19.7 Å². The molecule has 87 heavy (non-hydrogen) atoms. The summed E-state index contributed by atoms with van der Waals surface area (Å²) in [7, 11) is 1.16. The van der Waals surface area contributed by atoms with Crippen molar-refractivity contribution in [1.29, 1.82) is 0 Å². The van der Waals surface area contributed by atoms with Gasteiger partial charge in [0.05, 0.1) is 33.8 Å². The molecule has 0 bridgehead atoms. The molecule has 0 aromatic carbocycles. The summed E-state index contributed by atoms with van der Waals surface area (Å²) >= 11 is 0. The summed E-state index contributed by atoms with van der Waals surface area (Å²) in [5.41, 5.74) is 0. The Bertz CT molecular complexity index is 1900. The molecule has 0 rings (SSSR count). The number of allylic oxidation sites excluding steroid dienone is 19. The fourth-order valence-corrected chi connectivity index (χ4v) is 10.6. The number of phosphoric ester groups is 1. The molecule has 0 fully saturated rings. The van der Waals surface area contributed by atoms with Gasteiger partial charge >= 0.3 is 5.97 Å². The van der Waals surface area contributed by atoms with Gasteiger partial charge in [-0.15, -0.1) is 0 Å². The van der Waals surface area contributed by atoms with Gasteiger partial charge in [-0.05, 0) is 122 Å². The Labute approximate surface area is 537 Å². The van der Waals surface area contributed by atoms with Crippen molar-refractivity contribution in [1.82, 2.24) is 5.32 Å². The molecule has 1 N–H and O–H groups in total. The molecule has 0 radical (unpaired) electrons. The zero-order chi connectivity index (χ0) is 63.5. The van der Waals surface area contributed by atoms with Crippen molar-refractivity contribution in [3.8, 4) is 0 Å². The first-order valence-corrected chi connectivity index (χ1v) is 37.3. The number of ether oxygens (including phenoxy) is 1. The number of nitrogens with one attached hydrogen (secondary N) is 1. The first kappa shape index (κ1) is 83.4. The maximum atomic E-state index is 13.6. The van der Waals surface area contributed by atoms with Crippen LogP contribution in [0.1, 0.15) is 303 Å². The van der Waals surface area contributed by atoms with Gasteiger partial charge in [-0.2, -0.15) is 0 Å². The smallest absolute Gasteiger partial charge is 0.306 e. The summed E-state index contributed by atoms with van der Waals surface area (Å²) in [5, 5.41) is 3.04. The number of esters is 1. The highest BCUT2D eigenvalue weighted by atomic mass is 31.2. The summed E-state index contributed by atoms with van der Waals surface area (Å²) in [6, 6.07) is -0.907. The maximum Gasteiger partial charge on any atom is 0.306 e. The maximum absolute atomic E-state index is 13.6. The van der Waals surface area contributed by atoms with Crippen molar-refractivity contribution in [3.05, 3.63) is 122 Å². The van der Waals surface area contributed by atoms with Crippen molar-refractivity contribution in [2.24, 2.45) is 0 Å². The lowest BCUT2D eigenvalue weighted by Crippen LogP contribution is -2.47. The predicted molar refractivity (Wildman–Crippen MR) is 376 cm³/mol. The van der Waals surface area contributed by atoms with Crippen LogP contribution in [0.5, 0.6) is 0 Å². The average molecular weight is 1230 g/mol. The monoisotopic (exact) mass is 1230 g/mol. The fourth-order valence-electron chi connectivity index (χ4n) is 9.89. The highest BCUT2D eigenvalue weighted by Crippen LogP contribution is 2.38. The third kappa shape index (κ3) is 66.7. The number of phosphoric acid groups is 1. The molecule has 1 amide bonds. The molecule has 0 spiro atoms. The SMILES string of the molecule is CC/C=C\C/C=C\C/C=C\C/C=C\C/C=C\CCCCCCCCCC(=O)NC(COP(=O)([O-])OCC[N+](C)(C)C)C(/C=C/CCCCCCCCCCCCC)OC(=O)CCCCCCCCCCC/C=C\C/C=C\C/C=C\C/C=C\CCCCC. The second-order valence-electron chi connectivity index (χ2n) is 25.0. The van der Waals surface area contributed by atoms with Gasteiger partial charge in [0.2, 0.25) is 5.91 Å². The molecule has 0 heterocycles. The van der Waals surface area contributed by atoms with E-state index in [-0.39, 0.29) is 24.9 Å². The number of quaternary nitrogens is 1. The van der Waals surface area contributed by atoms with E-state index < -0.39 is 26.6 Å². The van der Waals surface area contributed by atoms with Crippen molar-refractivity contribution in [2.45, 2.75) is 315 Å². The van der Waals surface area contributed by atoms with Gasteiger partial charge in [-0.3, -0.25) is 14.2 Å². The molecule has 10 heteroatoms. The zero-order valence-electron chi connectivity index (χ0n) is 57.2. The molecule has 500 valence electrons. The summed E-state index contributed by atoms with van der Waals surface area (Å²) in [6.07, 6.45) is 91.7. The van der Waals surface area contributed by atoms with Gasteiger partial charge in [0.15, 0.2) is 0 Å². The minimum atomic E-state index is -4.72. The molecule has 0 aliphatic heterocycles. The lowest BCUT2D eigenvalue weighted by Gasteiger charge is -2.30.